The number of likely N-dealkylation sites (N-methyl/N-ethyl adjacent to an activating group) is 1. The maximum atomic E-state index is 5.64. The molecule has 1 saturated heterocycles. The van der Waals surface area contributed by atoms with E-state index in [0.717, 1.165) is 58.3 Å². The van der Waals surface area contributed by atoms with E-state index in [4.69, 9.17) is 9.73 Å². The Morgan fingerprint density at radius 2 is 1.81 bits per heavy atom. The van der Waals surface area contributed by atoms with Crippen LogP contribution in [0.15, 0.2) is 29.3 Å². The highest BCUT2D eigenvalue weighted by atomic mass is 127. The summed E-state index contributed by atoms with van der Waals surface area (Å²) in [6.45, 7) is 16.2. The topological polar surface area (TPSA) is 52.1 Å². The summed E-state index contributed by atoms with van der Waals surface area (Å²) >= 11 is 0. The van der Waals surface area contributed by atoms with Crippen molar-refractivity contribution in [3.63, 3.8) is 0 Å². The van der Waals surface area contributed by atoms with E-state index in [9.17, 15) is 0 Å². The smallest absolute Gasteiger partial charge is 0.191 e. The van der Waals surface area contributed by atoms with Crippen LogP contribution in [0.1, 0.15) is 44.7 Å². The minimum absolute atomic E-state index is 0. The van der Waals surface area contributed by atoms with E-state index in [1.54, 1.807) is 0 Å². The lowest BCUT2D eigenvalue weighted by molar-refractivity contribution is 0.108. The Balaban J connectivity index is 0.00000480. The van der Waals surface area contributed by atoms with E-state index >= 15 is 0 Å². The van der Waals surface area contributed by atoms with Crippen molar-refractivity contribution >= 4 is 29.9 Å². The Morgan fingerprint density at radius 3 is 2.52 bits per heavy atom. The predicted molar refractivity (Wildman–Crippen MR) is 142 cm³/mol. The average Bonchev–Trinajstić information content (AvgIpc) is 2.93. The molecule has 31 heavy (non-hydrogen) atoms. The lowest BCUT2D eigenvalue weighted by atomic mass is 10.1. The van der Waals surface area contributed by atoms with E-state index in [2.05, 4.69) is 72.5 Å². The lowest BCUT2D eigenvalue weighted by Gasteiger charge is -2.20. The fraction of sp³-hybridized carbons (Fsp3) is 0.708. The van der Waals surface area contributed by atoms with Gasteiger partial charge in [0.25, 0.3) is 0 Å². The summed E-state index contributed by atoms with van der Waals surface area (Å²) in [5.74, 6) is 1.47. The van der Waals surface area contributed by atoms with E-state index in [1.165, 1.54) is 30.6 Å². The van der Waals surface area contributed by atoms with Crippen molar-refractivity contribution in [1.82, 2.24) is 20.4 Å². The van der Waals surface area contributed by atoms with E-state index in [1.807, 2.05) is 0 Å². The first-order valence-electron chi connectivity index (χ1n) is 11.7. The average molecular weight is 546 g/mol. The molecule has 1 heterocycles. The maximum absolute atomic E-state index is 5.64. The maximum Gasteiger partial charge on any atom is 0.191 e. The normalized spacial score (nSPS) is 16.1. The molecular formula is C24H44IN5O. The molecule has 0 radical (unpaired) electrons. The molecule has 6 nitrogen and oxygen atoms in total. The molecule has 2 rings (SSSR count). The first-order chi connectivity index (χ1) is 14.6. The van der Waals surface area contributed by atoms with Gasteiger partial charge in [-0.25, -0.2) is 4.99 Å². The van der Waals surface area contributed by atoms with Gasteiger partial charge in [0, 0.05) is 45.9 Å². The minimum Gasteiger partial charge on any atom is -0.381 e. The molecule has 0 spiro atoms. The number of nitrogens with zero attached hydrogens (tertiary/aromatic N) is 3. The summed E-state index contributed by atoms with van der Waals surface area (Å²) in [6, 6.07) is 8.94. The summed E-state index contributed by atoms with van der Waals surface area (Å²) in [5, 5.41) is 6.73. The van der Waals surface area contributed by atoms with Crippen LogP contribution in [0.25, 0.3) is 0 Å². The monoisotopic (exact) mass is 545 g/mol. The molecule has 0 unspecified atom stereocenters. The van der Waals surface area contributed by atoms with Gasteiger partial charge in [-0.3, -0.25) is 4.90 Å². The molecule has 0 saturated carbocycles. The number of guanidine groups is 1. The number of aliphatic imine (C=N–C) groups is 1. The van der Waals surface area contributed by atoms with Crippen LogP contribution in [0.4, 0.5) is 0 Å². The summed E-state index contributed by atoms with van der Waals surface area (Å²) < 4.78 is 5.64. The second kappa shape index (κ2) is 16.7. The number of hydrogen-bond acceptors (Lipinski definition) is 4. The van der Waals surface area contributed by atoms with E-state index in [0.29, 0.717) is 12.5 Å². The molecule has 1 aromatic carbocycles. The van der Waals surface area contributed by atoms with Crippen LogP contribution >= 0.6 is 24.0 Å². The molecule has 2 N–H and O–H groups in total. The molecule has 0 atom stereocenters. The quantitative estimate of drug-likeness (QED) is 0.193. The van der Waals surface area contributed by atoms with Crippen LogP contribution in [0.5, 0.6) is 0 Å². The van der Waals surface area contributed by atoms with Crippen LogP contribution in [-0.4, -0.2) is 75.3 Å². The number of nitrogens with one attached hydrogen (secondary N) is 2. The molecule has 0 amide bonds. The molecule has 1 fully saturated rings. The number of ether oxygens (including phenoxy) is 1. The van der Waals surface area contributed by atoms with Crippen molar-refractivity contribution < 1.29 is 4.74 Å². The highest BCUT2D eigenvalue weighted by Gasteiger charge is 2.12. The van der Waals surface area contributed by atoms with Gasteiger partial charge in [-0.15, -0.1) is 24.0 Å². The second-order valence-electron chi connectivity index (χ2n) is 8.69. The van der Waals surface area contributed by atoms with Gasteiger partial charge in [0.2, 0.25) is 0 Å². The predicted octanol–water partition coefficient (Wildman–Crippen LogP) is 3.56. The molecule has 1 aliphatic rings. The van der Waals surface area contributed by atoms with Crippen molar-refractivity contribution in [2.75, 3.05) is 59.5 Å². The molecule has 0 aromatic heterocycles. The van der Waals surface area contributed by atoms with Gasteiger partial charge in [0.05, 0.1) is 6.54 Å². The summed E-state index contributed by atoms with van der Waals surface area (Å²) in [4.78, 5) is 9.72. The third-order valence-electron chi connectivity index (χ3n) is 5.21. The van der Waals surface area contributed by atoms with Gasteiger partial charge >= 0.3 is 0 Å². The van der Waals surface area contributed by atoms with Crippen molar-refractivity contribution in [1.29, 1.82) is 0 Å². The molecule has 0 bridgehead atoms. The molecule has 0 aliphatic carbocycles. The summed E-state index contributed by atoms with van der Waals surface area (Å²) in [7, 11) is 2.22. The molecule has 178 valence electrons. The van der Waals surface area contributed by atoms with Crippen LogP contribution in [0, 0.1) is 5.92 Å². The second-order valence-corrected chi connectivity index (χ2v) is 8.69. The van der Waals surface area contributed by atoms with Crippen LogP contribution < -0.4 is 10.6 Å². The zero-order chi connectivity index (χ0) is 21.6. The van der Waals surface area contributed by atoms with Gasteiger partial charge in [0.15, 0.2) is 5.96 Å². The molecule has 1 aromatic rings. The first-order valence-corrected chi connectivity index (χ1v) is 11.7. The van der Waals surface area contributed by atoms with Crippen molar-refractivity contribution in [2.45, 2.75) is 46.7 Å². The van der Waals surface area contributed by atoms with Crippen LogP contribution in [-0.2, 0) is 17.8 Å². The van der Waals surface area contributed by atoms with E-state index < -0.39 is 0 Å². The standard InChI is InChI=1S/C24H43N5O.HI/c1-5-25-24(26-12-6-17-30-20-21(2)3)27-18-22-8-10-23(11-9-22)19-29-14-7-13-28(4)15-16-29;/h8-11,21H,5-7,12-20H2,1-4H3,(H2,25,26,27);1H. The largest absolute Gasteiger partial charge is 0.381 e. The number of halogens is 1. The van der Waals surface area contributed by atoms with Gasteiger partial charge in [-0.2, -0.15) is 0 Å². The van der Waals surface area contributed by atoms with Gasteiger partial charge < -0.3 is 20.3 Å². The van der Waals surface area contributed by atoms with Crippen molar-refractivity contribution in [2.24, 2.45) is 10.9 Å². The summed E-state index contributed by atoms with van der Waals surface area (Å²) in [5.41, 5.74) is 2.63. The molecule has 7 heteroatoms. The highest BCUT2D eigenvalue weighted by Crippen LogP contribution is 2.11. The number of benzene rings is 1. The zero-order valence-corrected chi connectivity index (χ0v) is 22.4. The van der Waals surface area contributed by atoms with Gasteiger partial charge in [-0.1, -0.05) is 38.1 Å². The van der Waals surface area contributed by atoms with Crippen LogP contribution in [0.2, 0.25) is 0 Å². The Bertz CT molecular complexity index is 608. The van der Waals surface area contributed by atoms with Crippen molar-refractivity contribution in [3.05, 3.63) is 35.4 Å². The fourth-order valence-electron chi connectivity index (χ4n) is 3.48. The Morgan fingerprint density at radius 1 is 1.06 bits per heavy atom. The minimum atomic E-state index is 0. The Hall–Kier alpha value is -0.900. The van der Waals surface area contributed by atoms with E-state index in [-0.39, 0.29) is 24.0 Å². The Labute approximate surface area is 207 Å². The molecule has 1 aliphatic heterocycles. The number of rotatable bonds is 11. The Kier molecular flexibility index (Phi) is 15.2. The number of hydrogen-bond donors (Lipinski definition) is 2. The molecular weight excluding hydrogens is 501 g/mol. The third-order valence-corrected chi connectivity index (χ3v) is 5.21. The van der Waals surface area contributed by atoms with Crippen molar-refractivity contribution in [3.8, 4) is 0 Å². The van der Waals surface area contributed by atoms with Gasteiger partial charge in [-0.05, 0) is 56.9 Å². The van der Waals surface area contributed by atoms with Crippen LogP contribution in [0.3, 0.4) is 0 Å². The lowest BCUT2D eigenvalue weighted by Crippen LogP contribution is -2.38. The highest BCUT2D eigenvalue weighted by molar-refractivity contribution is 14.0. The SMILES string of the molecule is CCNC(=NCc1ccc(CN2CCCN(C)CC2)cc1)NCCCOCC(C)C.I. The summed E-state index contributed by atoms with van der Waals surface area (Å²) in [6.07, 6.45) is 2.24. The third kappa shape index (κ3) is 12.7. The van der Waals surface area contributed by atoms with Gasteiger partial charge in [0.1, 0.15) is 0 Å². The zero-order valence-electron chi connectivity index (χ0n) is 20.0. The fourth-order valence-corrected chi connectivity index (χ4v) is 3.48. The first kappa shape index (κ1) is 28.1.